The summed E-state index contributed by atoms with van der Waals surface area (Å²) >= 11 is 12.5. The van der Waals surface area contributed by atoms with E-state index in [0.29, 0.717) is 0 Å². The Morgan fingerprint density at radius 3 is 0.846 bits per heavy atom. The first-order valence-electron chi connectivity index (χ1n) is 2.45. The maximum atomic E-state index is 11.5. The highest BCUT2D eigenvalue weighted by molar-refractivity contribution is 6.51. The van der Waals surface area contributed by atoms with Crippen LogP contribution >= 0.6 is 34.8 Å². The van der Waals surface area contributed by atoms with Gasteiger partial charge in [0.1, 0.15) is 0 Å². The van der Waals surface area contributed by atoms with Crippen molar-refractivity contribution in [1.82, 2.24) is 0 Å². The predicted octanol–water partition coefficient (Wildman–Crippen LogP) is 4.49. The van der Waals surface area contributed by atoms with E-state index in [-0.39, 0.29) is 6.92 Å². The summed E-state index contributed by atoms with van der Waals surface area (Å²) in [6.45, 7) is 0.188. The Balaban J connectivity index is 0. The highest BCUT2D eigenvalue weighted by Crippen LogP contribution is 2.42. The summed E-state index contributed by atoms with van der Waals surface area (Å²) in [5.74, 6) is 0. The molecule has 0 rings (SSSR count). The summed E-state index contributed by atoms with van der Waals surface area (Å²) in [5.41, 5.74) is 0. The van der Waals surface area contributed by atoms with Crippen LogP contribution in [0.3, 0.4) is 0 Å². The quantitative estimate of drug-likeness (QED) is 0.487. The minimum absolute atomic E-state index is 0.188. The van der Waals surface area contributed by atoms with Gasteiger partial charge in [-0.1, -0.05) is 23.2 Å². The molecule has 0 saturated carbocycles. The molecule has 0 aliphatic heterocycles. The lowest BCUT2D eigenvalue weighted by molar-refractivity contribution is -0.110. The molecule has 0 aromatic heterocycles. The molecule has 0 atom stereocenters. The van der Waals surface area contributed by atoms with Gasteiger partial charge in [0.2, 0.25) is 0 Å². The average molecular weight is 271 g/mol. The molecule has 0 bridgehead atoms. The fourth-order valence-corrected chi connectivity index (χ4v) is 0. The first-order chi connectivity index (χ1) is 5.25. The predicted molar refractivity (Wildman–Crippen MR) is 38.1 cm³/mol. The van der Waals surface area contributed by atoms with Crippen molar-refractivity contribution in [1.29, 1.82) is 0 Å². The monoisotopic (exact) mass is 270 g/mol. The van der Waals surface area contributed by atoms with Gasteiger partial charge < -0.3 is 0 Å². The van der Waals surface area contributed by atoms with E-state index < -0.39 is 16.1 Å². The van der Waals surface area contributed by atoms with Gasteiger partial charge in [-0.2, -0.15) is 26.3 Å². The summed E-state index contributed by atoms with van der Waals surface area (Å²) in [7, 11) is 0. The van der Waals surface area contributed by atoms with Crippen molar-refractivity contribution in [2.45, 2.75) is 23.1 Å². The standard InChI is InChI=1S/C2Cl3F3.C2H3F3/c3-1(4,6)2(5,7)8;1-2(3,4)5/h;1H3. The third-order valence-electron chi connectivity index (χ3n) is 0.321. The number of hydrogen-bond donors (Lipinski definition) is 0. The van der Waals surface area contributed by atoms with Crippen LogP contribution in [-0.4, -0.2) is 16.1 Å². The van der Waals surface area contributed by atoms with E-state index >= 15 is 0 Å². The van der Waals surface area contributed by atoms with Crippen LogP contribution in [0.4, 0.5) is 26.3 Å². The molecule has 0 saturated heterocycles. The third kappa shape index (κ3) is 15.2. The van der Waals surface area contributed by atoms with Crippen molar-refractivity contribution >= 4 is 34.8 Å². The van der Waals surface area contributed by atoms with Gasteiger partial charge in [0.05, 0.1) is 0 Å². The summed E-state index contributed by atoms with van der Waals surface area (Å²) in [4.78, 5) is 0. The number of hydrogen-bond acceptors (Lipinski definition) is 0. The van der Waals surface area contributed by atoms with Crippen LogP contribution in [0.1, 0.15) is 6.92 Å². The minimum atomic E-state index is -4.23. The highest BCUT2D eigenvalue weighted by atomic mass is 35.5. The fraction of sp³-hybridized carbons (Fsp3) is 1.00. The van der Waals surface area contributed by atoms with E-state index in [0.717, 1.165) is 0 Å². The zero-order valence-corrected chi connectivity index (χ0v) is 8.17. The number of halogens is 9. The Hall–Kier alpha value is 0.450. The Morgan fingerprint density at radius 2 is 0.846 bits per heavy atom. The average Bonchev–Trinajstić information content (AvgIpc) is 1.50. The second-order valence-electron chi connectivity index (χ2n) is 1.78. The van der Waals surface area contributed by atoms with Crippen LogP contribution in [0.25, 0.3) is 0 Å². The fourth-order valence-electron chi connectivity index (χ4n) is 0. The topological polar surface area (TPSA) is 0 Å². The first-order valence-corrected chi connectivity index (χ1v) is 3.58. The van der Waals surface area contributed by atoms with Crippen LogP contribution in [0.5, 0.6) is 0 Å². The molecule has 0 amide bonds. The highest BCUT2D eigenvalue weighted by Gasteiger charge is 2.51. The van der Waals surface area contributed by atoms with Gasteiger partial charge in [0.25, 0.3) is 0 Å². The van der Waals surface area contributed by atoms with E-state index in [1.54, 1.807) is 0 Å². The van der Waals surface area contributed by atoms with Crippen molar-refractivity contribution in [2.24, 2.45) is 0 Å². The van der Waals surface area contributed by atoms with Gasteiger partial charge in [-0.05, 0) is 11.6 Å². The Morgan fingerprint density at radius 1 is 0.769 bits per heavy atom. The summed E-state index contributed by atoms with van der Waals surface area (Å²) in [6, 6.07) is 0. The van der Waals surface area contributed by atoms with Gasteiger partial charge in [0, 0.05) is 6.92 Å². The van der Waals surface area contributed by atoms with Gasteiger partial charge >= 0.3 is 16.1 Å². The van der Waals surface area contributed by atoms with E-state index in [9.17, 15) is 26.3 Å². The molecule has 0 spiro atoms. The second-order valence-corrected chi connectivity index (χ2v) is 3.49. The number of alkyl halides is 9. The van der Waals surface area contributed by atoms with E-state index in [4.69, 9.17) is 0 Å². The second kappa shape index (κ2) is 4.79. The Bertz CT molecular complexity index is 123. The van der Waals surface area contributed by atoms with E-state index in [1.165, 1.54) is 0 Å². The molecule has 0 aromatic rings. The SMILES string of the molecule is CC(F)(F)F.FC(F)(Cl)C(F)(Cl)Cl. The molecule has 0 radical (unpaired) electrons. The van der Waals surface area contributed by atoms with Crippen molar-refractivity contribution in [2.75, 3.05) is 0 Å². The van der Waals surface area contributed by atoms with Crippen LogP contribution < -0.4 is 0 Å². The molecule has 13 heavy (non-hydrogen) atoms. The van der Waals surface area contributed by atoms with E-state index in [2.05, 4.69) is 34.8 Å². The minimum Gasteiger partial charge on any atom is -0.199 e. The first kappa shape index (κ1) is 15.9. The van der Waals surface area contributed by atoms with Crippen molar-refractivity contribution in [3.8, 4) is 0 Å². The van der Waals surface area contributed by atoms with Crippen LogP contribution in [0.15, 0.2) is 0 Å². The molecule has 82 valence electrons. The molecule has 0 fully saturated rings. The molecule has 0 heterocycles. The summed E-state index contributed by atoms with van der Waals surface area (Å²) in [6.07, 6.45) is -4.00. The van der Waals surface area contributed by atoms with Crippen LogP contribution in [-0.2, 0) is 0 Å². The largest absolute Gasteiger partial charge is 0.386 e. The van der Waals surface area contributed by atoms with Crippen molar-refractivity contribution < 1.29 is 26.3 Å². The molecule has 0 aromatic carbocycles. The number of rotatable bonds is 1. The van der Waals surface area contributed by atoms with Gasteiger partial charge in [0.15, 0.2) is 0 Å². The maximum Gasteiger partial charge on any atom is 0.386 e. The summed E-state index contributed by atoms with van der Waals surface area (Å²) < 4.78 is 61.6. The smallest absolute Gasteiger partial charge is 0.199 e. The molecule has 0 nitrogen and oxygen atoms in total. The molecule has 0 aliphatic rings. The van der Waals surface area contributed by atoms with E-state index in [1.807, 2.05) is 0 Å². The normalized spacial score (nSPS) is 13.4. The molecule has 9 heteroatoms. The third-order valence-corrected chi connectivity index (χ3v) is 1.25. The van der Waals surface area contributed by atoms with Gasteiger partial charge in [-0.15, -0.1) is 0 Å². The Kier molecular flexibility index (Phi) is 5.87. The lowest BCUT2D eigenvalue weighted by atomic mass is 10.8. The van der Waals surface area contributed by atoms with Gasteiger partial charge in [-0.25, -0.2) is 0 Å². The lowest BCUT2D eigenvalue weighted by Gasteiger charge is -2.13. The lowest BCUT2D eigenvalue weighted by Crippen LogP contribution is -2.27. The van der Waals surface area contributed by atoms with Gasteiger partial charge in [-0.3, -0.25) is 0 Å². The molecular weight excluding hydrogens is 268 g/mol. The zero-order valence-electron chi connectivity index (χ0n) is 5.90. The van der Waals surface area contributed by atoms with Crippen molar-refractivity contribution in [3.63, 3.8) is 0 Å². The van der Waals surface area contributed by atoms with Crippen molar-refractivity contribution in [3.05, 3.63) is 0 Å². The molecular formula is C4H3Cl3F6. The maximum absolute atomic E-state index is 11.5. The summed E-state index contributed by atoms with van der Waals surface area (Å²) in [5, 5.41) is -4.23. The molecule has 0 aliphatic carbocycles. The zero-order chi connectivity index (χ0) is 11.5. The molecule has 0 N–H and O–H groups in total. The van der Waals surface area contributed by atoms with Crippen LogP contribution in [0, 0.1) is 0 Å². The Labute approximate surface area is 84.7 Å². The van der Waals surface area contributed by atoms with Crippen LogP contribution in [0.2, 0.25) is 0 Å². The molecule has 0 unspecified atom stereocenters.